The zero-order chi connectivity index (χ0) is 25.6. The molecule has 0 radical (unpaired) electrons. The molecule has 2 aromatic rings. The van der Waals surface area contributed by atoms with Crippen molar-refractivity contribution < 1.29 is 18.0 Å². The largest absolute Gasteiger partial charge is 0.354 e. The van der Waals surface area contributed by atoms with E-state index in [1.165, 1.54) is 23.1 Å². The molecule has 1 N–H and O–H groups in total. The minimum Gasteiger partial charge on any atom is -0.354 e. The molecule has 0 aliphatic carbocycles. The SMILES string of the molecule is Cc1cccc(CN(C(=O)CN(c2cc(Cl)cc(Cl)c2)S(C)(=O)=O)[C@H](C)C(=O)NCC(C)C)c1. The van der Waals surface area contributed by atoms with Gasteiger partial charge in [0.05, 0.1) is 11.9 Å². The highest BCUT2D eigenvalue weighted by Crippen LogP contribution is 2.27. The third-order valence-electron chi connectivity index (χ3n) is 5.10. The van der Waals surface area contributed by atoms with Gasteiger partial charge in [0.15, 0.2) is 0 Å². The van der Waals surface area contributed by atoms with E-state index in [0.717, 1.165) is 21.7 Å². The van der Waals surface area contributed by atoms with Crippen molar-refractivity contribution in [3.63, 3.8) is 0 Å². The molecule has 1 atom stereocenters. The first-order chi connectivity index (χ1) is 15.8. The number of nitrogens with one attached hydrogen (secondary N) is 1. The fourth-order valence-electron chi connectivity index (χ4n) is 3.34. The lowest BCUT2D eigenvalue weighted by Gasteiger charge is -2.31. The second kappa shape index (κ2) is 11.9. The first-order valence-corrected chi connectivity index (χ1v) is 13.4. The van der Waals surface area contributed by atoms with E-state index in [2.05, 4.69) is 5.32 Å². The van der Waals surface area contributed by atoms with Crippen molar-refractivity contribution in [2.75, 3.05) is 23.7 Å². The number of amides is 2. The van der Waals surface area contributed by atoms with Gasteiger partial charge in [0, 0.05) is 23.1 Å². The summed E-state index contributed by atoms with van der Waals surface area (Å²) in [6.45, 7) is 7.61. The number of carbonyl (C=O) groups is 2. The molecule has 0 spiro atoms. The predicted molar refractivity (Wildman–Crippen MR) is 138 cm³/mol. The fraction of sp³-hybridized carbons (Fsp3) is 0.417. The number of sulfonamides is 1. The van der Waals surface area contributed by atoms with Gasteiger partial charge in [-0.25, -0.2) is 8.42 Å². The molecule has 0 aromatic heterocycles. The zero-order valence-electron chi connectivity index (χ0n) is 20.0. The lowest BCUT2D eigenvalue weighted by Crippen LogP contribution is -2.51. The minimum atomic E-state index is -3.86. The maximum atomic E-state index is 13.5. The second-order valence-electron chi connectivity index (χ2n) is 8.72. The molecule has 0 fully saturated rings. The normalized spacial score (nSPS) is 12.4. The van der Waals surface area contributed by atoms with E-state index >= 15 is 0 Å². The van der Waals surface area contributed by atoms with Crippen molar-refractivity contribution in [3.8, 4) is 0 Å². The van der Waals surface area contributed by atoms with Crippen LogP contribution in [0.1, 0.15) is 31.9 Å². The van der Waals surface area contributed by atoms with Crippen molar-refractivity contribution in [2.24, 2.45) is 5.92 Å². The molecule has 10 heteroatoms. The van der Waals surface area contributed by atoms with Crippen LogP contribution in [0, 0.1) is 12.8 Å². The Balaban J connectivity index is 2.40. The van der Waals surface area contributed by atoms with E-state index in [1.807, 2.05) is 45.0 Å². The van der Waals surface area contributed by atoms with E-state index < -0.39 is 28.5 Å². The first kappa shape index (κ1) is 28.0. The van der Waals surface area contributed by atoms with Crippen LogP contribution in [0.3, 0.4) is 0 Å². The van der Waals surface area contributed by atoms with Gasteiger partial charge in [-0.3, -0.25) is 13.9 Å². The van der Waals surface area contributed by atoms with Crippen molar-refractivity contribution in [1.82, 2.24) is 10.2 Å². The van der Waals surface area contributed by atoms with Gasteiger partial charge in [0.1, 0.15) is 12.6 Å². The molecule has 0 bridgehead atoms. The number of carbonyl (C=O) groups excluding carboxylic acids is 2. The lowest BCUT2D eigenvalue weighted by atomic mass is 10.1. The zero-order valence-corrected chi connectivity index (χ0v) is 22.3. The molecule has 34 heavy (non-hydrogen) atoms. The number of halogens is 2. The van der Waals surface area contributed by atoms with Gasteiger partial charge in [0.25, 0.3) is 0 Å². The maximum Gasteiger partial charge on any atom is 0.244 e. The third kappa shape index (κ3) is 8.18. The Morgan fingerprint density at radius 3 is 2.18 bits per heavy atom. The molecule has 2 rings (SSSR count). The van der Waals surface area contributed by atoms with Crippen LogP contribution < -0.4 is 9.62 Å². The molecule has 7 nitrogen and oxygen atoms in total. The van der Waals surface area contributed by atoms with E-state index in [1.54, 1.807) is 6.92 Å². The van der Waals surface area contributed by atoms with Gasteiger partial charge in [-0.05, 0) is 43.5 Å². The smallest absolute Gasteiger partial charge is 0.244 e. The number of benzene rings is 2. The van der Waals surface area contributed by atoms with Crippen molar-refractivity contribution >= 4 is 50.7 Å². The van der Waals surface area contributed by atoms with Gasteiger partial charge in [-0.15, -0.1) is 0 Å². The molecule has 0 aliphatic heterocycles. The molecule has 0 unspecified atom stereocenters. The molecule has 186 valence electrons. The quantitative estimate of drug-likeness (QED) is 0.500. The Kier molecular flexibility index (Phi) is 9.79. The third-order valence-corrected chi connectivity index (χ3v) is 6.68. The highest BCUT2D eigenvalue weighted by molar-refractivity contribution is 7.92. The number of anilines is 1. The molecule has 2 aromatic carbocycles. The summed E-state index contributed by atoms with van der Waals surface area (Å²) < 4.78 is 26.1. The molecule has 2 amide bonds. The summed E-state index contributed by atoms with van der Waals surface area (Å²) in [5, 5.41) is 3.32. The van der Waals surface area contributed by atoms with E-state index in [-0.39, 0.29) is 34.1 Å². The molecule has 0 heterocycles. The van der Waals surface area contributed by atoms with Crippen molar-refractivity contribution in [1.29, 1.82) is 0 Å². The van der Waals surface area contributed by atoms with Crippen LogP contribution in [0.2, 0.25) is 10.0 Å². The summed E-state index contributed by atoms with van der Waals surface area (Å²) in [4.78, 5) is 27.7. The van der Waals surface area contributed by atoms with Crippen LogP contribution in [0.4, 0.5) is 5.69 Å². The summed E-state index contributed by atoms with van der Waals surface area (Å²) in [5.74, 6) is -0.605. The Labute approximate surface area is 212 Å². The Morgan fingerprint density at radius 2 is 1.65 bits per heavy atom. The summed E-state index contributed by atoms with van der Waals surface area (Å²) >= 11 is 12.1. The molecular formula is C24H31Cl2N3O4S. The molecular weight excluding hydrogens is 497 g/mol. The molecule has 0 saturated heterocycles. The van der Waals surface area contributed by atoms with E-state index in [9.17, 15) is 18.0 Å². The molecule has 0 aliphatic rings. The van der Waals surface area contributed by atoms with E-state index in [0.29, 0.717) is 6.54 Å². The highest BCUT2D eigenvalue weighted by atomic mass is 35.5. The minimum absolute atomic E-state index is 0.144. The van der Waals surface area contributed by atoms with Crippen LogP contribution in [0.15, 0.2) is 42.5 Å². The predicted octanol–water partition coefficient (Wildman–Crippen LogP) is 4.26. The summed E-state index contributed by atoms with van der Waals surface area (Å²) in [6.07, 6.45) is 0.999. The average molecular weight is 529 g/mol. The summed E-state index contributed by atoms with van der Waals surface area (Å²) in [6, 6.07) is 11.1. The van der Waals surface area contributed by atoms with Gasteiger partial charge in [0.2, 0.25) is 21.8 Å². The van der Waals surface area contributed by atoms with Crippen LogP contribution in [0.25, 0.3) is 0 Å². The standard InChI is InChI=1S/C24H31Cl2N3O4S/c1-16(2)13-27-24(31)18(4)28(14-19-8-6-7-17(3)9-19)23(30)15-29(34(5,32)33)22-11-20(25)10-21(26)12-22/h6-12,16,18H,13-15H2,1-5H3,(H,27,31)/t18-/m1/s1. The number of nitrogens with zero attached hydrogens (tertiary/aromatic N) is 2. The van der Waals surface area contributed by atoms with Gasteiger partial charge in [-0.1, -0.05) is 66.9 Å². The number of hydrogen-bond acceptors (Lipinski definition) is 4. The summed E-state index contributed by atoms with van der Waals surface area (Å²) in [5.41, 5.74) is 2.00. The monoisotopic (exact) mass is 527 g/mol. The van der Waals surface area contributed by atoms with Crippen LogP contribution >= 0.6 is 23.2 Å². The Hall–Kier alpha value is -2.29. The van der Waals surface area contributed by atoms with Crippen LogP contribution in [-0.4, -0.2) is 50.5 Å². The summed E-state index contributed by atoms with van der Waals surface area (Å²) in [7, 11) is -3.86. The fourth-order valence-corrected chi connectivity index (χ4v) is 4.69. The van der Waals surface area contributed by atoms with Crippen molar-refractivity contribution in [3.05, 3.63) is 63.6 Å². The number of hydrogen-bond donors (Lipinski definition) is 1. The number of aryl methyl sites for hydroxylation is 1. The van der Waals surface area contributed by atoms with Crippen molar-refractivity contribution in [2.45, 2.75) is 40.3 Å². The van der Waals surface area contributed by atoms with Crippen LogP contribution in [-0.2, 0) is 26.2 Å². The van der Waals surface area contributed by atoms with Crippen LogP contribution in [0.5, 0.6) is 0 Å². The topological polar surface area (TPSA) is 86.8 Å². The van der Waals surface area contributed by atoms with Gasteiger partial charge < -0.3 is 10.2 Å². The highest BCUT2D eigenvalue weighted by Gasteiger charge is 2.30. The van der Waals surface area contributed by atoms with Gasteiger partial charge in [-0.2, -0.15) is 0 Å². The van der Waals surface area contributed by atoms with E-state index in [4.69, 9.17) is 23.2 Å². The second-order valence-corrected chi connectivity index (χ2v) is 11.5. The average Bonchev–Trinajstić information content (AvgIpc) is 2.71. The maximum absolute atomic E-state index is 13.5. The number of rotatable bonds is 10. The van der Waals surface area contributed by atoms with Gasteiger partial charge >= 0.3 is 0 Å². The first-order valence-electron chi connectivity index (χ1n) is 10.8. The Bertz CT molecular complexity index is 1120. The Morgan fingerprint density at radius 1 is 1.03 bits per heavy atom. The lowest BCUT2D eigenvalue weighted by molar-refractivity contribution is -0.139. The molecule has 0 saturated carbocycles.